The molecule has 1 N–H and O–H groups in total. The van der Waals surface area contributed by atoms with Gasteiger partial charge in [0.1, 0.15) is 6.10 Å². The molecule has 0 spiro atoms. The van der Waals surface area contributed by atoms with Crippen molar-refractivity contribution < 1.29 is 9.53 Å². The lowest BCUT2D eigenvalue weighted by molar-refractivity contribution is -0.153. The summed E-state index contributed by atoms with van der Waals surface area (Å²) in [4.78, 5) is 14.4. The van der Waals surface area contributed by atoms with Gasteiger partial charge in [-0.15, -0.1) is 10.2 Å². The topological polar surface area (TPSA) is 84.0 Å². The number of aromatic nitrogens is 4. The molecule has 2 fully saturated rings. The molecule has 1 aromatic heterocycles. The van der Waals surface area contributed by atoms with Crippen LogP contribution >= 0.6 is 0 Å². The predicted octanol–water partition coefficient (Wildman–Crippen LogP) is 0.536. The second-order valence-corrected chi connectivity index (χ2v) is 5.99. The van der Waals surface area contributed by atoms with Gasteiger partial charge in [0, 0.05) is 12.5 Å². The molecule has 7 heteroatoms. The monoisotopic (exact) mass is 265 g/mol. The largest absolute Gasteiger partial charge is 0.366 e. The molecule has 2 unspecified atom stereocenters. The van der Waals surface area contributed by atoms with E-state index in [2.05, 4.69) is 34.5 Å². The van der Waals surface area contributed by atoms with Crippen LogP contribution in [0.15, 0.2) is 0 Å². The van der Waals surface area contributed by atoms with Gasteiger partial charge in [0.25, 0.3) is 0 Å². The number of nitrogens with one attached hydrogen (secondary N) is 1. The van der Waals surface area contributed by atoms with Crippen molar-refractivity contribution in [2.45, 2.75) is 32.8 Å². The van der Waals surface area contributed by atoms with Gasteiger partial charge >= 0.3 is 0 Å². The second kappa shape index (κ2) is 4.56. The third-order valence-corrected chi connectivity index (χ3v) is 4.35. The van der Waals surface area contributed by atoms with Crippen molar-refractivity contribution in [2.75, 3.05) is 19.7 Å². The SMILES string of the molecule is CC1(C)CCC1C(=O)N1CCOC(c2nn[nH]n2)C1. The first kappa shape index (κ1) is 12.5. The average Bonchev–Trinajstić information content (AvgIpc) is 2.91. The number of nitrogens with zero attached hydrogens (tertiary/aromatic N) is 4. The third-order valence-electron chi connectivity index (χ3n) is 4.35. The first-order valence-electron chi connectivity index (χ1n) is 6.72. The van der Waals surface area contributed by atoms with E-state index in [1.165, 1.54) is 0 Å². The average molecular weight is 265 g/mol. The van der Waals surface area contributed by atoms with Crippen molar-refractivity contribution in [1.29, 1.82) is 0 Å². The van der Waals surface area contributed by atoms with Crippen molar-refractivity contribution in [3.05, 3.63) is 5.82 Å². The maximum Gasteiger partial charge on any atom is 0.226 e. The molecule has 19 heavy (non-hydrogen) atoms. The standard InChI is InChI=1S/C12H19N5O2/c1-12(2)4-3-8(12)11(18)17-5-6-19-9(7-17)10-13-15-16-14-10/h8-9H,3-7H2,1-2H3,(H,13,14,15,16). The Labute approximate surface area is 111 Å². The summed E-state index contributed by atoms with van der Waals surface area (Å²) >= 11 is 0. The van der Waals surface area contributed by atoms with Gasteiger partial charge in [-0.05, 0) is 18.3 Å². The van der Waals surface area contributed by atoms with Crippen LogP contribution in [0.25, 0.3) is 0 Å². The van der Waals surface area contributed by atoms with Gasteiger partial charge in [-0.3, -0.25) is 4.79 Å². The molecule has 104 valence electrons. The molecule has 2 heterocycles. The number of aromatic amines is 1. The lowest BCUT2D eigenvalue weighted by Crippen LogP contribution is -2.51. The number of carbonyl (C=O) groups excluding carboxylic acids is 1. The van der Waals surface area contributed by atoms with E-state index in [0.29, 0.717) is 25.5 Å². The molecule has 1 saturated heterocycles. The zero-order valence-corrected chi connectivity index (χ0v) is 11.3. The van der Waals surface area contributed by atoms with Crippen molar-refractivity contribution in [3.8, 4) is 0 Å². The molecule has 1 aromatic rings. The lowest BCUT2D eigenvalue weighted by atomic mass is 9.62. The Morgan fingerprint density at radius 3 is 2.95 bits per heavy atom. The molecular weight excluding hydrogens is 246 g/mol. The zero-order chi connectivity index (χ0) is 13.5. The van der Waals surface area contributed by atoms with Crippen molar-refractivity contribution in [3.63, 3.8) is 0 Å². The highest BCUT2D eigenvalue weighted by atomic mass is 16.5. The Morgan fingerprint density at radius 2 is 2.37 bits per heavy atom. The molecule has 1 aliphatic carbocycles. The van der Waals surface area contributed by atoms with Gasteiger partial charge in [-0.2, -0.15) is 5.21 Å². The lowest BCUT2D eigenvalue weighted by Gasteiger charge is -2.46. The second-order valence-electron chi connectivity index (χ2n) is 5.99. The van der Waals surface area contributed by atoms with Gasteiger partial charge in [0.05, 0.1) is 13.2 Å². The number of morpholine rings is 1. The Hall–Kier alpha value is -1.50. The van der Waals surface area contributed by atoms with Gasteiger partial charge in [0.15, 0.2) is 0 Å². The van der Waals surface area contributed by atoms with E-state index < -0.39 is 0 Å². The van der Waals surface area contributed by atoms with E-state index in [9.17, 15) is 4.79 Å². The molecule has 0 aromatic carbocycles. The van der Waals surface area contributed by atoms with E-state index in [1.54, 1.807) is 0 Å². The van der Waals surface area contributed by atoms with Crippen molar-refractivity contribution in [2.24, 2.45) is 11.3 Å². The van der Waals surface area contributed by atoms with Crippen LogP contribution in [-0.2, 0) is 9.53 Å². The maximum absolute atomic E-state index is 12.5. The molecule has 2 aliphatic rings. The van der Waals surface area contributed by atoms with Gasteiger partial charge in [0.2, 0.25) is 11.7 Å². The Morgan fingerprint density at radius 1 is 1.53 bits per heavy atom. The molecule has 7 nitrogen and oxygen atoms in total. The molecule has 1 saturated carbocycles. The van der Waals surface area contributed by atoms with Gasteiger partial charge in [-0.25, -0.2) is 0 Å². The fraction of sp³-hybridized carbons (Fsp3) is 0.833. The van der Waals surface area contributed by atoms with Gasteiger partial charge < -0.3 is 9.64 Å². The summed E-state index contributed by atoms with van der Waals surface area (Å²) in [6.07, 6.45) is 1.86. The Bertz CT molecular complexity index is 459. The highest BCUT2D eigenvalue weighted by molar-refractivity contribution is 5.80. The quantitative estimate of drug-likeness (QED) is 0.843. The van der Waals surface area contributed by atoms with Crippen LogP contribution in [0.3, 0.4) is 0 Å². The fourth-order valence-corrected chi connectivity index (χ4v) is 2.86. The molecular formula is C12H19N5O2. The number of tetrazole rings is 1. The minimum Gasteiger partial charge on any atom is -0.366 e. The van der Waals surface area contributed by atoms with Crippen LogP contribution in [0.1, 0.15) is 38.6 Å². The predicted molar refractivity (Wildman–Crippen MR) is 66.0 cm³/mol. The van der Waals surface area contributed by atoms with Crippen LogP contribution < -0.4 is 0 Å². The molecule has 0 bridgehead atoms. The molecule has 1 aliphatic heterocycles. The first-order valence-corrected chi connectivity index (χ1v) is 6.72. The Balaban J connectivity index is 1.67. The number of hydrogen-bond acceptors (Lipinski definition) is 5. The summed E-state index contributed by atoms with van der Waals surface area (Å²) < 4.78 is 5.61. The van der Waals surface area contributed by atoms with Crippen LogP contribution in [0.4, 0.5) is 0 Å². The summed E-state index contributed by atoms with van der Waals surface area (Å²) in [6, 6.07) is 0. The summed E-state index contributed by atoms with van der Waals surface area (Å²) in [6.45, 7) is 6.02. The minimum absolute atomic E-state index is 0.136. The zero-order valence-electron chi connectivity index (χ0n) is 11.3. The van der Waals surface area contributed by atoms with Crippen LogP contribution in [-0.4, -0.2) is 51.1 Å². The number of carbonyl (C=O) groups is 1. The summed E-state index contributed by atoms with van der Waals surface area (Å²) in [5.41, 5.74) is 0.136. The fourth-order valence-electron chi connectivity index (χ4n) is 2.86. The number of rotatable bonds is 2. The molecule has 1 amide bonds. The highest BCUT2D eigenvalue weighted by Gasteiger charge is 2.45. The first-order chi connectivity index (χ1) is 9.08. The molecule has 2 atom stereocenters. The van der Waals surface area contributed by atoms with Crippen molar-refractivity contribution >= 4 is 5.91 Å². The Kier molecular flexibility index (Phi) is 3.00. The summed E-state index contributed by atoms with van der Waals surface area (Å²) in [7, 11) is 0. The van der Waals surface area contributed by atoms with Crippen LogP contribution in [0, 0.1) is 11.3 Å². The number of hydrogen-bond donors (Lipinski definition) is 1. The molecule has 0 radical (unpaired) electrons. The highest BCUT2D eigenvalue weighted by Crippen LogP contribution is 2.47. The number of amides is 1. The number of ether oxygens (including phenoxy) is 1. The van der Waals surface area contributed by atoms with Crippen LogP contribution in [0.5, 0.6) is 0 Å². The minimum atomic E-state index is -0.264. The normalized spacial score (nSPS) is 29.9. The summed E-state index contributed by atoms with van der Waals surface area (Å²) in [5, 5.41) is 13.8. The van der Waals surface area contributed by atoms with E-state index in [1.807, 2.05) is 4.90 Å². The maximum atomic E-state index is 12.5. The van der Waals surface area contributed by atoms with Crippen LogP contribution in [0.2, 0.25) is 0 Å². The third kappa shape index (κ3) is 2.22. The summed E-state index contributed by atoms with van der Waals surface area (Å²) in [5.74, 6) is 0.912. The van der Waals surface area contributed by atoms with E-state index in [-0.39, 0.29) is 23.3 Å². The van der Waals surface area contributed by atoms with E-state index in [4.69, 9.17) is 4.74 Å². The van der Waals surface area contributed by atoms with E-state index in [0.717, 1.165) is 12.8 Å². The van der Waals surface area contributed by atoms with Gasteiger partial charge in [-0.1, -0.05) is 19.1 Å². The van der Waals surface area contributed by atoms with E-state index >= 15 is 0 Å². The smallest absolute Gasteiger partial charge is 0.226 e. The van der Waals surface area contributed by atoms with Crippen molar-refractivity contribution in [1.82, 2.24) is 25.5 Å². The number of H-pyrrole nitrogens is 1. The molecule has 3 rings (SSSR count).